The third-order valence-electron chi connectivity index (χ3n) is 2.96. The minimum atomic E-state index is -0.985. The zero-order chi connectivity index (χ0) is 14.7. The summed E-state index contributed by atoms with van der Waals surface area (Å²) < 4.78 is 14.4. The zero-order valence-corrected chi connectivity index (χ0v) is 12.4. The van der Waals surface area contributed by atoms with Crippen LogP contribution in [0.4, 0.5) is 10.1 Å². The van der Waals surface area contributed by atoms with E-state index in [-0.39, 0.29) is 17.9 Å². The number of carbonyl (C=O) groups is 1. The molecule has 0 unspecified atom stereocenters. The molecule has 0 radical (unpaired) electrons. The molecule has 2 aromatic rings. The number of carboxylic acid groups (broad SMARTS) is 1. The van der Waals surface area contributed by atoms with Gasteiger partial charge in [-0.2, -0.15) is 0 Å². The summed E-state index contributed by atoms with van der Waals surface area (Å²) in [6.45, 7) is 2.15. The fraction of sp³-hybridized carbons (Fsp3) is 0.133. The first-order chi connectivity index (χ1) is 9.47. The van der Waals surface area contributed by atoms with Gasteiger partial charge in [0.15, 0.2) is 0 Å². The number of carboxylic acids is 1. The van der Waals surface area contributed by atoms with Crippen LogP contribution >= 0.6 is 15.9 Å². The quantitative estimate of drug-likeness (QED) is 0.878. The lowest BCUT2D eigenvalue weighted by atomic mass is 10.1. The van der Waals surface area contributed by atoms with E-state index in [2.05, 4.69) is 21.2 Å². The third kappa shape index (κ3) is 3.36. The van der Waals surface area contributed by atoms with Crippen molar-refractivity contribution in [3.05, 3.63) is 63.4 Å². The van der Waals surface area contributed by atoms with Gasteiger partial charge in [0.2, 0.25) is 0 Å². The van der Waals surface area contributed by atoms with E-state index in [1.165, 1.54) is 6.07 Å². The number of hydrogen-bond donors (Lipinski definition) is 2. The molecule has 0 aromatic heterocycles. The summed E-state index contributed by atoms with van der Waals surface area (Å²) in [5, 5.41) is 12.0. The molecule has 0 saturated carbocycles. The highest BCUT2D eigenvalue weighted by Crippen LogP contribution is 2.20. The number of hydrogen-bond acceptors (Lipinski definition) is 2. The fourth-order valence-electron chi connectivity index (χ4n) is 1.81. The average molecular weight is 338 g/mol. The number of aromatic carboxylic acids is 1. The SMILES string of the molecule is Cc1ccc(C(=O)O)cc1NCc1cc(Br)ccc1F. The number of benzene rings is 2. The molecule has 0 amide bonds. The van der Waals surface area contributed by atoms with E-state index in [1.807, 2.05) is 6.92 Å². The molecule has 3 nitrogen and oxygen atoms in total. The Balaban J connectivity index is 2.20. The molecule has 5 heteroatoms. The molecular weight excluding hydrogens is 325 g/mol. The van der Waals surface area contributed by atoms with Crippen LogP contribution in [0.1, 0.15) is 21.5 Å². The summed E-state index contributed by atoms with van der Waals surface area (Å²) in [6, 6.07) is 9.54. The van der Waals surface area contributed by atoms with Gasteiger partial charge in [0.05, 0.1) is 5.56 Å². The summed E-state index contributed by atoms with van der Waals surface area (Å²) in [4.78, 5) is 10.9. The van der Waals surface area contributed by atoms with Crippen LogP contribution in [0.5, 0.6) is 0 Å². The van der Waals surface area contributed by atoms with Crippen LogP contribution in [0.25, 0.3) is 0 Å². The highest BCUT2D eigenvalue weighted by Gasteiger charge is 2.07. The number of aryl methyl sites for hydroxylation is 1. The molecule has 0 bridgehead atoms. The maximum absolute atomic E-state index is 13.6. The van der Waals surface area contributed by atoms with Crippen molar-refractivity contribution < 1.29 is 14.3 Å². The van der Waals surface area contributed by atoms with Crippen LogP contribution in [-0.4, -0.2) is 11.1 Å². The first-order valence-electron chi connectivity index (χ1n) is 5.99. The molecule has 2 N–H and O–H groups in total. The zero-order valence-electron chi connectivity index (χ0n) is 10.8. The highest BCUT2D eigenvalue weighted by molar-refractivity contribution is 9.10. The Morgan fingerprint density at radius 3 is 2.75 bits per heavy atom. The second kappa shape index (κ2) is 6.05. The molecule has 0 fully saturated rings. The fourth-order valence-corrected chi connectivity index (χ4v) is 2.22. The Morgan fingerprint density at radius 2 is 2.05 bits per heavy atom. The van der Waals surface area contributed by atoms with Crippen molar-refractivity contribution in [1.29, 1.82) is 0 Å². The molecule has 0 atom stereocenters. The third-order valence-corrected chi connectivity index (χ3v) is 3.45. The summed E-state index contributed by atoms with van der Waals surface area (Å²) in [7, 11) is 0. The monoisotopic (exact) mass is 337 g/mol. The predicted octanol–water partition coefficient (Wildman–Crippen LogP) is 4.21. The van der Waals surface area contributed by atoms with E-state index in [9.17, 15) is 9.18 Å². The Labute approximate surface area is 124 Å². The van der Waals surface area contributed by atoms with Crippen LogP contribution in [0.2, 0.25) is 0 Å². The molecule has 2 aromatic carbocycles. The smallest absolute Gasteiger partial charge is 0.335 e. The van der Waals surface area contributed by atoms with Crippen molar-refractivity contribution in [2.24, 2.45) is 0 Å². The van der Waals surface area contributed by atoms with Gasteiger partial charge >= 0.3 is 5.97 Å². The van der Waals surface area contributed by atoms with Gasteiger partial charge in [0.25, 0.3) is 0 Å². The summed E-state index contributed by atoms with van der Waals surface area (Å²) in [5.41, 5.74) is 2.31. The topological polar surface area (TPSA) is 49.3 Å². The lowest BCUT2D eigenvalue weighted by Crippen LogP contribution is -2.05. The predicted molar refractivity (Wildman–Crippen MR) is 79.6 cm³/mol. The van der Waals surface area contributed by atoms with Crippen LogP contribution in [0.3, 0.4) is 0 Å². The lowest BCUT2D eigenvalue weighted by molar-refractivity contribution is 0.0697. The first-order valence-corrected chi connectivity index (χ1v) is 6.78. The van der Waals surface area contributed by atoms with E-state index in [0.29, 0.717) is 11.3 Å². The van der Waals surface area contributed by atoms with Crippen molar-refractivity contribution in [2.75, 3.05) is 5.32 Å². The molecule has 20 heavy (non-hydrogen) atoms. The molecule has 0 aliphatic rings. The summed E-state index contributed by atoms with van der Waals surface area (Å²) in [5.74, 6) is -1.28. The van der Waals surface area contributed by atoms with E-state index in [4.69, 9.17) is 5.11 Å². The van der Waals surface area contributed by atoms with E-state index in [1.54, 1.807) is 30.3 Å². The summed E-state index contributed by atoms with van der Waals surface area (Å²) in [6.07, 6.45) is 0. The van der Waals surface area contributed by atoms with Gasteiger partial charge in [-0.25, -0.2) is 9.18 Å². The number of anilines is 1. The second-order valence-corrected chi connectivity index (χ2v) is 5.34. The van der Waals surface area contributed by atoms with Gasteiger partial charge in [-0.1, -0.05) is 22.0 Å². The van der Waals surface area contributed by atoms with Crippen LogP contribution in [0, 0.1) is 12.7 Å². The van der Waals surface area contributed by atoms with E-state index < -0.39 is 5.97 Å². The molecule has 0 saturated heterocycles. The molecular formula is C15H13BrFNO2. The van der Waals surface area contributed by atoms with Crippen LogP contribution in [0.15, 0.2) is 40.9 Å². The standard InChI is InChI=1S/C15H13BrFNO2/c1-9-2-3-10(15(19)20)7-14(9)18-8-11-6-12(16)4-5-13(11)17/h2-7,18H,8H2,1H3,(H,19,20). The molecule has 0 aliphatic heterocycles. The first kappa shape index (κ1) is 14.5. The van der Waals surface area contributed by atoms with Gasteiger partial charge in [-0.15, -0.1) is 0 Å². The largest absolute Gasteiger partial charge is 0.478 e. The molecule has 104 valence electrons. The average Bonchev–Trinajstić information content (AvgIpc) is 2.41. The Hall–Kier alpha value is -1.88. The Morgan fingerprint density at radius 1 is 1.30 bits per heavy atom. The maximum atomic E-state index is 13.6. The van der Waals surface area contributed by atoms with Crippen LogP contribution < -0.4 is 5.32 Å². The molecule has 0 heterocycles. The van der Waals surface area contributed by atoms with Crippen molar-refractivity contribution in [1.82, 2.24) is 0 Å². The Bertz CT molecular complexity index is 658. The van der Waals surface area contributed by atoms with Gasteiger partial charge in [0.1, 0.15) is 5.82 Å². The normalized spacial score (nSPS) is 10.3. The van der Waals surface area contributed by atoms with Gasteiger partial charge in [-0.05, 0) is 42.8 Å². The number of nitrogens with one attached hydrogen (secondary N) is 1. The van der Waals surface area contributed by atoms with E-state index in [0.717, 1.165) is 10.0 Å². The number of rotatable bonds is 4. The number of halogens is 2. The Kier molecular flexibility index (Phi) is 4.39. The second-order valence-electron chi connectivity index (χ2n) is 4.42. The molecule has 0 aliphatic carbocycles. The van der Waals surface area contributed by atoms with Crippen LogP contribution in [-0.2, 0) is 6.54 Å². The minimum absolute atomic E-state index is 0.202. The van der Waals surface area contributed by atoms with Gasteiger partial charge in [-0.3, -0.25) is 0 Å². The maximum Gasteiger partial charge on any atom is 0.335 e. The molecule has 2 rings (SSSR count). The van der Waals surface area contributed by atoms with Crippen molar-refractivity contribution in [3.8, 4) is 0 Å². The van der Waals surface area contributed by atoms with Crippen molar-refractivity contribution in [2.45, 2.75) is 13.5 Å². The minimum Gasteiger partial charge on any atom is -0.478 e. The van der Waals surface area contributed by atoms with Crippen molar-refractivity contribution in [3.63, 3.8) is 0 Å². The van der Waals surface area contributed by atoms with Gasteiger partial charge < -0.3 is 10.4 Å². The lowest BCUT2D eigenvalue weighted by Gasteiger charge is -2.11. The summed E-state index contributed by atoms with van der Waals surface area (Å²) >= 11 is 3.30. The van der Waals surface area contributed by atoms with E-state index >= 15 is 0 Å². The molecule has 0 spiro atoms. The van der Waals surface area contributed by atoms with Gasteiger partial charge in [0, 0.05) is 22.3 Å². The van der Waals surface area contributed by atoms with Crippen molar-refractivity contribution >= 4 is 27.6 Å². The highest BCUT2D eigenvalue weighted by atomic mass is 79.9.